The number of β-amino-alcohol motifs (C(OH)–C–C–N with tert-alkyl or cyclic N) is 1. The number of sulfonamides is 1. The van der Waals surface area contributed by atoms with Crippen LogP contribution < -0.4 is 5.32 Å². The molecule has 0 spiro atoms. The van der Waals surface area contributed by atoms with Crippen molar-refractivity contribution >= 4 is 10.0 Å². The Kier molecular flexibility index (Phi) is 4.11. The van der Waals surface area contributed by atoms with Crippen molar-refractivity contribution in [3.63, 3.8) is 0 Å². The molecule has 0 saturated carbocycles. The highest BCUT2D eigenvalue weighted by Gasteiger charge is 2.34. The summed E-state index contributed by atoms with van der Waals surface area (Å²) in [7, 11) is -1.66. The summed E-state index contributed by atoms with van der Waals surface area (Å²) in [6, 6.07) is 0. The van der Waals surface area contributed by atoms with E-state index in [4.69, 9.17) is 0 Å². The summed E-state index contributed by atoms with van der Waals surface area (Å²) in [4.78, 5) is 0. The first-order valence-electron chi connectivity index (χ1n) is 5.27. The van der Waals surface area contributed by atoms with Gasteiger partial charge in [0.15, 0.2) is 0 Å². The Bertz CT molecular complexity index is 296. The minimum absolute atomic E-state index is 0.146. The van der Waals surface area contributed by atoms with Crippen LogP contribution in [0.2, 0.25) is 0 Å². The molecule has 2 N–H and O–H groups in total. The van der Waals surface area contributed by atoms with Crippen molar-refractivity contribution in [3.8, 4) is 0 Å². The fourth-order valence-corrected chi connectivity index (χ4v) is 3.06. The van der Waals surface area contributed by atoms with Crippen LogP contribution in [-0.2, 0) is 10.0 Å². The van der Waals surface area contributed by atoms with Gasteiger partial charge in [-0.3, -0.25) is 0 Å². The van der Waals surface area contributed by atoms with Gasteiger partial charge in [0.1, 0.15) is 0 Å². The summed E-state index contributed by atoms with van der Waals surface area (Å²) in [6.45, 7) is 3.23. The van der Waals surface area contributed by atoms with Crippen molar-refractivity contribution in [1.82, 2.24) is 9.62 Å². The van der Waals surface area contributed by atoms with E-state index >= 15 is 0 Å². The monoisotopic (exact) mass is 236 g/mol. The molecule has 1 heterocycles. The summed E-state index contributed by atoms with van der Waals surface area (Å²) in [5.41, 5.74) is -0.893. The highest BCUT2D eigenvalue weighted by molar-refractivity contribution is 7.89. The minimum Gasteiger partial charge on any atom is -0.387 e. The molecule has 0 aliphatic carbocycles. The number of nitrogens with zero attached hydrogens (tertiary/aromatic N) is 1. The van der Waals surface area contributed by atoms with Crippen LogP contribution in [0.4, 0.5) is 0 Å². The fourth-order valence-electron chi connectivity index (χ4n) is 1.79. The minimum atomic E-state index is -3.19. The number of nitrogens with one attached hydrogen (secondary N) is 1. The lowest BCUT2D eigenvalue weighted by molar-refractivity contribution is 0.0462. The molecule has 0 aromatic rings. The third-order valence-electron chi connectivity index (χ3n) is 2.68. The average Bonchev–Trinajstić information content (AvgIpc) is 2.51. The van der Waals surface area contributed by atoms with Crippen LogP contribution in [0.5, 0.6) is 0 Å². The molecular weight excluding hydrogens is 216 g/mol. The third-order valence-corrected chi connectivity index (χ3v) is 4.68. The molecule has 15 heavy (non-hydrogen) atoms. The lowest BCUT2D eigenvalue weighted by Crippen LogP contribution is -2.45. The van der Waals surface area contributed by atoms with Crippen LogP contribution in [-0.4, -0.2) is 55.9 Å². The van der Waals surface area contributed by atoms with E-state index < -0.39 is 15.6 Å². The summed E-state index contributed by atoms with van der Waals surface area (Å²) < 4.78 is 24.6. The van der Waals surface area contributed by atoms with Crippen molar-refractivity contribution in [3.05, 3.63) is 0 Å². The van der Waals surface area contributed by atoms with E-state index in [0.717, 1.165) is 6.54 Å². The predicted octanol–water partition coefficient (Wildman–Crippen LogP) is -0.618. The highest BCUT2D eigenvalue weighted by atomic mass is 32.2. The van der Waals surface area contributed by atoms with Gasteiger partial charge in [0.25, 0.3) is 0 Å². The molecular formula is C9H20N2O3S. The molecule has 1 rings (SSSR count). The standard InChI is InChI=1S/C9H20N2O3S/c1-3-6-15(13,14)11(2)8-9(12)4-5-10-7-9/h10,12H,3-8H2,1-2H3. The molecule has 1 saturated heterocycles. The Morgan fingerprint density at radius 3 is 2.67 bits per heavy atom. The Morgan fingerprint density at radius 1 is 1.53 bits per heavy atom. The number of hydrogen-bond donors (Lipinski definition) is 2. The molecule has 5 nitrogen and oxygen atoms in total. The first-order valence-corrected chi connectivity index (χ1v) is 6.88. The normalized spacial score (nSPS) is 27.5. The third kappa shape index (κ3) is 3.41. The van der Waals surface area contributed by atoms with Gasteiger partial charge in [0, 0.05) is 20.1 Å². The maximum Gasteiger partial charge on any atom is 0.213 e. The number of rotatable bonds is 5. The maximum atomic E-state index is 11.7. The van der Waals surface area contributed by atoms with Crippen LogP contribution in [0.1, 0.15) is 19.8 Å². The van der Waals surface area contributed by atoms with Gasteiger partial charge in [-0.1, -0.05) is 6.92 Å². The molecule has 1 atom stereocenters. The molecule has 0 aromatic heterocycles. The van der Waals surface area contributed by atoms with E-state index in [2.05, 4.69) is 5.32 Å². The van der Waals surface area contributed by atoms with Gasteiger partial charge in [-0.2, -0.15) is 0 Å². The number of likely N-dealkylation sites (N-methyl/N-ethyl adjacent to an activating group) is 1. The number of aliphatic hydroxyl groups is 1. The summed E-state index contributed by atoms with van der Waals surface area (Å²) in [6.07, 6.45) is 1.21. The van der Waals surface area contributed by atoms with Crippen LogP contribution in [0.3, 0.4) is 0 Å². The molecule has 0 bridgehead atoms. The Morgan fingerprint density at radius 2 is 2.20 bits per heavy atom. The van der Waals surface area contributed by atoms with Gasteiger partial charge in [0.05, 0.1) is 11.4 Å². The molecule has 6 heteroatoms. The second-order valence-corrected chi connectivity index (χ2v) is 6.42. The molecule has 90 valence electrons. The first kappa shape index (κ1) is 12.9. The van der Waals surface area contributed by atoms with Gasteiger partial charge in [-0.15, -0.1) is 0 Å². The van der Waals surface area contributed by atoms with E-state index in [1.807, 2.05) is 6.92 Å². The quantitative estimate of drug-likeness (QED) is 0.667. The molecule has 1 unspecified atom stereocenters. The SMILES string of the molecule is CCCS(=O)(=O)N(C)CC1(O)CCNC1. The second kappa shape index (κ2) is 4.78. The summed E-state index contributed by atoms with van der Waals surface area (Å²) >= 11 is 0. The molecule has 1 aliphatic rings. The van der Waals surface area contributed by atoms with Crippen molar-refractivity contribution in [1.29, 1.82) is 0 Å². The van der Waals surface area contributed by atoms with Gasteiger partial charge < -0.3 is 10.4 Å². The molecule has 0 aromatic carbocycles. The van der Waals surface area contributed by atoms with Gasteiger partial charge >= 0.3 is 0 Å². The highest BCUT2D eigenvalue weighted by Crippen LogP contribution is 2.17. The van der Waals surface area contributed by atoms with E-state index in [1.54, 1.807) is 0 Å². The largest absolute Gasteiger partial charge is 0.387 e. The molecule has 1 aliphatic heterocycles. The van der Waals surface area contributed by atoms with Gasteiger partial charge in [-0.25, -0.2) is 12.7 Å². The van der Waals surface area contributed by atoms with Gasteiger partial charge in [0.2, 0.25) is 10.0 Å². The lowest BCUT2D eigenvalue weighted by Gasteiger charge is -2.27. The summed E-state index contributed by atoms with van der Waals surface area (Å²) in [5, 5.41) is 13.1. The van der Waals surface area contributed by atoms with Crippen LogP contribution in [0, 0.1) is 0 Å². The van der Waals surface area contributed by atoms with Crippen molar-refractivity contribution in [2.45, 2.75) is 25.4 Å². The smallest absolute Gasteiger partial charge is 0.213 e. The van der Waals surface area contributed by atoms with Crippen molar-refractivity contribution in [2.75, 3.05) is 32.4 Å². The van der Waals surface area contributed by atoms with E-state index in [-0.39, 0.29) is 12.3 Å². The van der Waals surface area contributed by atoms with Gasteiger partial charge in [-0.05, 0) is 19.4 Å². The van der Waals surface area contributed by atoms with Crippen molar-refractivity contribution < 1.29 is 13.5 Å². The average molecular weight is 236 g/mol. The van der Waals surface area contributed by atoms with Crippen LogP contribution in [0.15, 0.2) is 0 Å². The Labute approximate surface area is 91.5 Å². The maximum absolute atomic E-state index is 11.7. The first-order chi connectivity index (χ1) is 6.90. The fraction of sp³-hybridized carbons (Fsp3) is 1.00. The van der Waals surface area contributed by atoms with Crippen molar-refractivity contribution in [2.24, 2.45) is 0 Å². The Hall–Kier alpha value is -0.170. The number of hydrogen-bond acceptors (Lipinski definition) is 4. The van der Waals surface area contributed by atoms with Crippen LogP contribution in [0.25, 0.3) is 0 Å². The Balaban J connectivity index is 2.58. The van der Waals surface area contributed by atoms with E-state index in [0.29, 0.717) is 19.4 Å². The zero-order valence-electron chi connectivity index (χ0n) is 9.36. The summed E-state index contributed by atoms with van der Waals surface area (Å²) in [5.74, 6) is 0.146. The second-order valence-electron chi connectivity index (χ2n) is 4.22. The zero-order chi connectivity index (χ0) is 11.5. The lowest BCUT2D eigenvalue weighted by atomic mass is 10.0. The van der Waals surface area contributed by atoms with Crippen LogP contribution >= 0.6 is 0 Å². The van der Waals surface area contributed by atoms with E-state index in [1.165, 1.54) is 11.4 Å². The van der Waals surface area contributed by atoms with E-state index in [9.17, 15) is 13.5 Å². The zero-order valence-corrected chi connectivity index (χ0v) is 10.2. The molecule has 0 amide bonds. The molecule has 1 fully saturated rings. The topological polar surface area (TPSA) is 69.6 Å². The predicted molar refractivity (Wildman–Crippen MR) is 59.1 cm³/mol. The molecule has 0 radical (unpaired) electrons.